The lowest BCUT2D eigenvalue weighted by atomic mass is 9.86. The summed E-state index contributed by atoms with van der Waals surface area (Å²) < 4.78 is 47.4. The fourth-order valence-corrected chi connectivity index (χ4v) is 11.7. The molecule has 4 heterocycles. The number of amides is 7. The zero-order valence-electron chi connectivity index (χ0n) is 64.3. The van der Waals surface area contributed by atoms with Crippen molar-refractivity contribution in [2.24, 2.45) is 29.2 Å². The number of Topliss-reactive ketones (excluding diaryl/α,β-unsaturated/α-hetero) is 3. The van der Waals surface area contributed by atoms with Crippen LogP contribution in [0.4, 0.5) is 26.7 Å². The van der Waals surface area contributed by atoms with E-state index < -0.39 is 155 Å². The first kappa shape index (κ1) is 92.9. The summed E-state index contributed by atoms with van der Waals surface area (Å²) in [5.74, 6) is -11.3. The molecule has 7 amide bonds. The highest BCUT2D eigenvalue weighted by molar-refractivity contribution is 7.59. The topological polar surface area (TPSA) is 556 Å². The Bertz CT molecular complexity index is 4640. The third-order valence-corrected chi connectivity index (χ3v) is 18.1. The standard InChI is InChI=1S/C45H50N6O15.C32H40N4O13.H2S/c1-5-45(61)33-17-36-38-27(19-51(36)42(58)32(33)22-64-43(45)59)14-26-15-30(10-11-34(26)49-38)66-44(60)65-20-25-6-8-28(9-7-25)48-41(57)35(18-37(46)54)50-39(55)23(2)47-40(56)31(24(3)52)16-29(53)21-63-13-12-62-4;1-19(34-31(42)27(20(2)37)16-25(38)18-47-13-12-46-3)28(39)14-22(15-29(33)40)30(41)35-23-6-4-21(5-7-23)17-48-32(43)49-26-10-8-24(9-11-26)36(44)45;/h6-11,14-15,17,23-24,31,35,52,61H,5,12-13,16,18-22H2,1-4H3,(H2,46,54)(H,47,56)(H,48,57)(H,50,55);4-11,19-20,22,27,37H,12-18H2,1-3H3,(H2,33,40)(H,34,42)(H,35,41);1H2/t23-,24?,31-,35+,45-;19-,20?,22-,27-;/m00./s1. The number of aromatic nitrogens is 2. The number of carbonyl (C=O) groups is 13. The molecule has 116 heavy (non-hydrogen) atoms. The number of nitrogens with zero attached hydrogens (tertiary/aromatic N) is 3. The van der Waals surface area contributed by atoms with Crippen molar-refractivity contribution in [3.8, 4) is 22.9 Å². The summed E-state index contributed by atoms with van der Waals surface area (Å²) in [4.78, 5) is 192. The van der Waals surface area contributed by atoms with Crippen molar-refractivity contribution < 1.29 is 125 Å². The van der Waals surface area contributed by atoms with Crippen LogP contribution in [0.15, 0.2) is 108 Å². The Hall–Kier alpha value is -12.0. The van der Waals surface area contributed by atoms with Crippen LogP contribution in [0.5, 0.6) is 11.5 Å². The molecular formula is C77H92N10O28S. The van der Waals surface area contributed by atoms with E-state index in [1.54, 1.807) is 37.3 Å². The predicted molar refractivity (Wildman–Crippen MR) is 413 cm³/mol. The molecule has 624 valence electrons. The number of hydrogen-bond acceptors (Lipinski definition) is 29. The highest BCUT2D eigenvalue weighted by Crippen LogP contribution is 2.39. The van der Waals surface area contributed by atoms with E-state index in [0.717, 1.165) is 0 Å². The van der Waals surface area contributed by atoms with Crippen molar-refractivity contribution in [2.45, 2.75) is 135 Å². The minimum absolute atomic E-state index is 0. The second kappa shape index (κ2) is 44.0. The number of aliphatic hydroxyl groups excluding tert-OH is 2. The van der Waals surface area contributed by atoms with E-state index in [1.165, 1.54) is 113 Å². The summed E-state index contributed by atoms with van der Waals surface area (Å²) in [6.07, 6.45) is -6.70. The van der Waals surface area contributed by atoms with Gasteiger partial charge in [-0.2, -0.15) is 13.5 Å². The molecule has 2 aliphatic rings. The summed E-state index contributed by atoms with van der Waals surface area (Å²) in [6, 6.07) is 21.3. The van der Waals surface area contributed by atoms with Crippen LogP contribution in [0.2, 0.25) is 0 Å². The minimum atomic E-state index is -1.95. The van der Waals surface area contributed by atoms with Crippen LogP contribution in [-0.4, -0.2) is 191 Å². The lowest BCUT2D eigenvalue weighted by molar-refractivity contribution is -0.384. The highest BCUT2D eigenvalue weighted by Gasteiger charge is 2.46. The maximum atomic E-state index is 13.5. The maximum absolute atomic E-state index is 13.5. The second-order valence-electron chi connectivity index (χ2n) is 26.9. The van der Waals surface area contributed by atoms with Crippen LogP contribution in [0.3, 0.4) is 0 Å². The van der Waals surface area contributed by atoms with E-state index in [0.29, 0.717) is 44.7 Å². The smallest absolute Gasteiger partial charge is 0.458 e. The molecule has 0 radical (unpaired) electrons. The number of anilines is 2. The van der Waals surface area contributed by atoms with E-state index in [2.05, 4.69) is 26.6 Å². The van der Waals surface area contributed by atoms with Gasteiger partial charge in [-0.25, -0.2) is 19.4 Å². The van der Waals surface area contributed by atoms with Gasteiger partial charge in [0.25, 0.3) is 11.2 Å². The fraction of sp³-hybridized carbons (Fsp3) is 0.416. The van der Waals surface area contributed by atoms with Gasteiger partial charge in [0.05, 0.1) is 103 Å². The Morgan fingerprint density at radius 3 is 1.63 bits per heavy atom. The number of nitrogens with one attached hydrogen (secondary N) is 5. The third-order valence-electron chi connectivity index (χ3n) is 18.1. The molecule has 2 aliphatic heterocycles. The van der Waals surface area contributed by atoms with Crippen molar-refractivity contribution in [3.63, 3.8) is 0 Å². The van der Waals surface area contributed by atoms with Gasteiger partial charge in [0.1, 0.15) is 56.6 Å². The lowest BCUT2D eigenvalue weighted by Gasteiger charge is -2.31. The average Bonchev–Trinajstić information content (AvgIpc) is 1.51. The van der Waals surface area contributed by atoms with Gasteiger partial charge in [0, 0.05) is 79.9 Å². The SMILES string of the molecule is CC[C@@]1(O)C(=O)OCc2c1cc1n(c2=O)Cc2cc3cc(OC(=O)OCc4ccc(NC(=O)[C@@H](CC(N)=O)NC(=O)[C@H](C)NC(=O)[C@@H](CC(=O)COCCOC)C(C)O)cc4)ccc3nc2-1.COCCOCC(=O)C[C@H](C(=O)N[C@@H](C)C(=O)C[C@@H](CC(N)=O)C(=O)Nc1ccc(COC(=O)Oc2ccc([N+](=O)[O-])cc2)cc1)C(C)O.S. The van der Waals surface area contributed by atoms with E-state index in [-0.39, 0.29) is 138 Å². The van der Waals surface area contributed by atoms with Gasteiger partial charge in [-0.05, 0) is 112 Å². The Kier molecular flexibility index (Phi) is 35.3. The van der Waals surface area contributed by atoms with Crippen LogP contribution < -0.4 is 53.1 Å². The number of non-ortho nitro benzene ring substituents is 1. The molecule has 0 fully saturated rings. The van der Waals surface area contributed by atoms with Gasteiger partial charge in [0.2, 0.25) is 41.4 Å². The summed E-state index contributed by atoms with van der Waals surface area (Å²) in [7, 11) is 2.94. The van der Waals surface area contributed by atoms with Crippen LogP contribution >= 0.6 is 13.5 Å². The van der Waals surface area contributed by atoms with Gasteiger partial charge in [-0.3, -0.25) is 62.9 Å². The first-order chi connectivity index (χ1) is 54.6. The fourth-order valence-electron chi connectivity index (χ4n) is 11.7. The molecule has 0 saturated carbocycles. The highest BCUT2D eigenvalue weighted by atomic mass is 32.1. The molecule has 0 bridgehead atoms. The summed E-state index contributed by atoms with van der Waals surface area (Å²) >= 11 is 0. The Balaban J connectivity index is 0.000000374. The number of ketones is 3. The van der Waals surface area contributed by atoms with E-state index in [4.69, 9.17) is 59.1 Å². The molecule has 12 N–H and O–H groups in total. The number of cyclic esters (lactones) is 1. The number of pyridine rings is 2. The van der Waals surface area contributed by atoms with Crippen molar-refractivity contribution in [3.05, 3.63) is 151 Å². The Morgan fingerprint density at radius 2 is 1.13 bits per heavy atom. The average molecular weight is 1640 g/mol. The Morgan fingerprint density at radius 1 is 0.621 bits per heavy atom. The molecule has 2 aromatic heterocycles. The number of fused-ring (bicyclic) bond motifs is 5. The van der Waals surface area contributed by atoms with Gasteiger partial charge in [0.15, 0.2) is 23.0 Å². The van der Waals surface area contributed by atoms with Gasteiger partial charge in [-0.15, -0.1) is 0 Å². The number of ether oxygens (including phenoxy) is 9. The van der Waals surface area contributed by atoms with Crippen molar-refractivity contribution in [1.29, 1.82) is 0 Å². The van der Waals surface area contributed by atoms with Crippen molar-refractivity contribution in [2.75, 3.05) is 64.5 Å². The van der Waals surface area contributed by atoms with E-state index in [1.807, 2.05) is 6.07 Å². The number of methoxy groups -OCH3 is 2. The Labute approximate surface area is 669 Å². The maximum Gasteiger partial charge on any atom is 0.514 e. The number of esters is 1. The number of nitro groups is 1. The zero-order chi connectivity index (χ0) is 84.4. The molecular weight excluding hydrogens is 1540 g/mol. The number of nitrogens with two attached hydrogens (primary N) is 2. The van der Waals surface area contributed by atoms with Gasteiger partial charge < -0.3 is 101 Å². The molecule has 4 aromatic carbocycles. The van der Waals surface area contributed by atoms with E-state index in [9.17, 15) is 92.6 Å². The molecule has 39 heteroatoms. The molecule has 2 unspecified atom stereocenters. The van der Waals surface area contributed by atoms with Gasteiger partial charge in [-0.1, -0.05) is 31.2 Å². The molecule has 8 rings (SSSR count). The quantitative estimate of drug-likeness (QED) is 0.00657. The van der Waals surface area contributed by atoms with Crippen LogP contribution in [0.25, 0.3) is 22.3 Å². The zero-order valence-corrected chi connectivity index (χ0v) is 65.3. The molecule has 6 aromatic rings. The summed E-state index contributed by atoms with van der Waals surface area (Å²) in [5, 5.41) is 55.1. The monoisotopic (exact) mass is 1640 g/mol. The number of aliphatic hydroxyl groups is 3. The molecule has 0 aliphatic carbocycles. The largest absolute Gasteiger partial charge is 0.514 e. The molecule has 9 atom stereocenters. The lowest BCUT2D eigenvalue weighted by Crippen LogP contribution is -2.53. The van der Waals surface area contributed by atoms with Gasteiger partial charge >= 0.3 is 18.3 Å². The van der Waals surface area contributed by atoms with Crippen molar-refractivity contribution in [1.82, 2.24) is 25.5 Å². The summed E-state index contributed by atoms with van der Waals surface area (Å²) in [6.45, 7) is 6.79. The number of primary amides is 2. The normalized spacial score (nSPS) is 15.0. The van der Waals surface area contributed by atoms with E-state index >= 15 is 0 Å². The molecule has 0 spiro atoms. The van der Waals surface area contributed by atoms with Crippen LogP contribution in [0.1, 0.15) is 101 Å². The number of benzene rings is 4. The van der Waals surface area contributed by atoms with Crippen LogP contribution in [0, 0.1) is 27.9 Å². The number of nitro benzene ring substituents is 1. The number of carbonyl (C=O) groups excluding carboxylic acids is 13. The third kappa shape index (κ3) is 26.8. The molecule has 38 nitrogen and oxygen atoms in total. The first-order valence-corrected chi connectivity index (χ1v) is 36.0. The summed E-state index contributed by atoms with van der Waals surface area (Å²) in [5.41, 5.74) is 12.3. The predicted octanol–water partition coefficient (Wildman–Crippen LogP) is 3.15. The number of rotatable bonds is 41. The second-order valence-corrected chi connectivity index (χ2v) is 26.9. The van der Waals surface area contributed by atoms with Crippen LogP contribution in [-0.2, 0) is 118 Å². The molecule has 0 saturated heterocycles. The minimum Gasteiger partial charge on any atom is -0.458 e. The van der Waals surface area contributed by atoms with Crippen molar-refractivity contribution >= 4 is 118 Å². The first-order valence-electron chi connectivity index (χ1n) is 36.0. The number of hydrogen-bond donors (Lipinski definition) is 10.